The molecule has 3 aromatic rings. The van der Waals surface area contributed by atoms with Gasteiger partial charge in [-0.1, -0.05) is 25.1 Å². The summed E-state index contributed by atoms with van der Waals surface area (Å²) in [5, 5.41) is 23.7. The second-order valence-electron chi connectivity index (χ2n) is 6.10. The van der Waals surface area contributed by atoms with E-state index in [1.165, 1.54) is 29.7 Å². The molecule has 2 N–H and O–H groups in total. The summed E-state index contributed by atoms with van der Waals surface area (Å²) in [6.07, 6.45) is 2.30. The van der Waals surface area contributed by atoms with Crippen LogP contribution >= 0.6 is 11.3 Å². The van der Waals surface area contributed by atoms with Gasteiger partial charge in [0, 0.05) is 35.5 Å². The van der Waals surface area contributed by atoms with E-state index in [0.29, 0.717) is 16.9 Å². The van der Waals surface area contributed by atoms with Crippen LogP contribution in [0.4, 0.5) is 8.78 Å². The lowest BCUT2D eigenvalue weighted by molar-refractivity contribution is 0.203. The van der Waals surface area contributed by atoms with Crippen LogP contribution in [0.5, 0.6) is 0 Å². The van der Waals surface area contributed by atoms with Crippen LogP contribution in [0.3, 0.4) is 0 Å². The van der Waals surface area contributed by atoms with Gasteiger partial charge < -0.3 is 10.2 Å². The quantitative estimate of drug-likeness (QED) is 0.540. The Morgan fingerprint density at radius 3 is 2.59 bits per heavy atom. The summed E-state index contributed by atoms with van der Waals surface area (Å²) in [5.74, 6) is -2.12. The Hall–Kier alpha value is -2.57. The van der Waals surface area contributed by atoms with Crippen molar-refractivity contribution >= 4 is 17.1 Å². The van der Waals surface area contributed by atoms with Gasteiger partial charge in [-0.25, -0.2) is 8.78 Å². The zero-order valence-electron chi connectivity index (χ0n) is 14.6. The first-order chi connectivity index (χ1) is 13.0. The van der Waals surface area contributed by atoms with E-state index in [0.717, 1.165) is 6.07 Å². The minimum Gasteiger partial charge on any atom is -0.506 e. The average Bonchev–Trinajstić information content (AvgIpc) is 3.21. The summed E-state index contributed by atoms with van der Waals surface area (Å²) in [5.41, 5.74) is 0.968. The number of benzene rings is 1. The van der Waals surface area contributed by atoms with E-state index in [-0.39, 0.29) is 16.9 Å². The van der Waals surface area contributed by atoms with Gasteiger partial charge >= 0.3 is 0 Å². The number of hydrogen-bond acceptors (Lipinski definition) is 4. The van der Waals surface area contributed by atoms with Crippen LogP contribution in [-0.4, -0.2) is 15.2 Å². The van der Waals surface area contributed by atoms with E-state index in [1.54, 1.807) is 35.8 Å². The van der Waals surface area contributed by atoms with E-state index >= 15 is 0 Å². The number of nitrogens with zero attached hydrogens (tertiary/aromatic N) is 1. The van der Waals surface area contributed by atoms with Crippen LogP contribution in [0.15, 0.2) is 65.8 Å². The normalized spacial score (nSPS) is 14.5. The second-order valence-corrected chi connectivity index (χ2v) is 7.04. The number of rotatable bonds is 6. The van der Waals surface area contributed by atoms with Crippen molar-refractivity contribution in [1.82, 2.24) is 4.98 Å². The Morgan fingerprint density at radius 1 is 1.19 bits per heavy atom. The predicted molar refractivity (Wildman–Crippen MR) is 102 cm³/mol. The molecular weight excluding hydrogens is 368 g/mol. The first-order valence-corrected chi connectivity index (χ1v) is 9.40. The fourth-order valence-corrected chi connectivity index (χ4v) is 3.84. The van der Waals surface area contributed by atoms with Crippen LogP contribution < -0.4 is 0 Å². The highest BCUT2D eigenvalue weighted by Gasteiger charge is 2.29. The maximum absolute atomic E-state index is 14.5. The highest BCUT2D eigenvalue weighted by molar-refractivity contribution is 7.11. The number of halogens is 2. The molecule has 0 aliphatic heterocycles. The van der Waals surface area contributed by atoms with Crippen molar-refractivity contribution in [3.05, 3.63) is 93.4 Å². The Bertz CT molecular complexity index is 927. The molecule has 0 aliphatic rings. The molecule has 0 saturated heterocycles. The molecule has 1 aromatic carbocycles. The number of aliphatic hydroxyl groups excluding tert-OH is 2. The summed E-state index contributed by atoms with van der Waals surface area (Å²) in [7, 11) is 0. The lowest BCUT2D eigenvalue weighted by atomic mass is 9.82. The summed E-state index contributed by atoms with van der Waals surface area (Å²) >= 11 is 1.31. The summed E-state index contributed by atoms with van der Waals surface area (Å²) in [4.78, 5) is 4.58. The number of hydrogen-bond donors (Lipinski definition) is 2. The molecule has 2 atom stereocenters. The van der Waals surface area contributed by atoms with E-state index in [2.05, 4.69) is 4.98 Å². The molecule has 3 nitrogen and oxygen atoms in total. The maximum atomic E-state index is 14.5. The van der Waals surface area contributed by atoms with Gasteiger partial charge in [0.2, 0.25) is 0 Å². The summed E-state index contributed by atoms with van der Waals surface area (Å²) in [6, 6.07) is 10.2. The second kappa shape index (κ2) is 8.41. The molecule has 140 valence electrons. The van der Waals surface area contributed by atoms with Gasteiger partial charge in [-0.05, 0) is 35.6 Å². The highest BCUT2D eigenvalue weighted by atomic mass is 32.1. The largest absolute Gasteiger partial charge is 0.506 e. The van der Waals surface area contributed by atoms with Crippen LogP contribution in [0.1, 0.15) is 41.4 Å². The molecule has 0 bridgehead atoms. The molecule has 3 rings (SSSR count). The lowest BCUT2D eigenvalue weighted by Crippen LogP contribution is -2.14. The molecule has 27 heavy (non-hydrogen) atoms. The zero-order valence-corrected chi connectivity index (χ0v) is 15.5. The molecule has 2 unspecified atom stereocenters. The number of aliphatic hydroxyl groups is 2. The third kappa shape index (κ3) is 4.07. The van der Waals surface area contributed by atoms with Gasteiger partial charge in [-0.15, -0.1) is 11.3 Å². The minimum absolute atomic E-state index is 0.100. The van der Waals surface area contributed by atoms with E-state index in [4.69, 9.17) is 0 Å². The first kappa shape index (κ1) is 19.2. The molecule has 2 heterocycles. The van der Waals surface area contributed by atoms with Crippen molar-refractivity contribution in [2.45, 2.75) is 25.4 Å². The molecule has 0 saturated carbocycles. The fourth-order valence-electron chi connectivity index (χ4n) is 3.15. The highest BCUT2D eigenvalue weighted by Crippen LogP contribution is 2.41. The van der Waals surface area contributed by atoms with E-state index < -0.39 is 23.7 Å². The average molecular weight is 387 g/mol. The number of aromatic nitrogens is 1. The summed E-state index contributed by atoms with van der Waals surface area (Å²) < 4.78 is 27.8. The molecule has 0 fully saturated rings. The molecule has 2 aromatic heterocycles. The SMILES string of the molecule is CCC(/C(=C(\O)c1cccs1)C(O)c1cccnc1)c1ccc(F)cc1F. The van der Waals surface area contributed by atoms with Crippen LogP contribution in [0.2, 0.25) is 0 Å². The monoisotopic (exact) mass is 387 g/mol. The molecule has 0 radical (unpaired) electrons. The Balaban J connectivity index is 2.18. The van der Waals surface area contributed by atoms with Crippen molar-refractivity contribution in [3.63, 3.8) is 0 Å². The zero-order chi connectivity index (χ0) is 19.4. The third-order valence-corrected chi connectivity index (χ3v) is 5.32. The van der Waals surface area contributed by atoms with E-state index in [1.807, 2.05) is 6.92 Å². The van der Waals surface area contributed by atoms with Crippen LogP contribution in [0, 0.1) is 11.6 Å². The molecule has 0 aliphatic carbocycles. The Morgan fingerprint density at radius 2 is 2.00 bits per heavy atom. The van der Waals surface area contributed by atoms with Crippen LogP contribution in [0.25, 0.3) is 5.76 Å². The predicted octanol–water partition coefficient (Wildman–Crippen LogP) is 5.62. The molecule has 0 spiro atoms. The molecule has 6 heteroatoms. The van der Waals surface area contributed by atoms with Gasteiger partial charge in [0.05, 0.1) is 4.88 Å². The summed E-state index contributed by atoms with van der Waals surface area (Å²) in [6.45, 7) is 1.82. The number of thiophene rings is 1. The Labute approximate surface area is 160 Å². The van der Waals surface area contributed by atoms with Gasteiger partial charge in [-0.2, -0.15) is 0 Å². The minimum atomic E-state index is -1.18. The van der Waals surface area contributed by atoms with Gasteiger partial charge in [-0.3, -0.25) is 4.98 Å². The van der Waals surface area contributed by atoms with Crippen molar-refractivity contribution in [1.29, 1.82) is 0 Å². The number of pyridine rings is 1. The van der Waals surface area contributed by atoms with E-state index in [9.17, 15) is 19.0 Å². The standard InChI is InChI=1S/C21H19F2NO2S/c1-2-15(16-8-7-14(22)11-17(16)23)19(21(26)18-6-4-10-27-18)20(25)13-5-3-9-24-12-13/h3-12,15,20,25-26H,2H2,1H3/b21-19+. The Kier molecular flexibility index (Phi) is 5.98. The van der Waals surface area contributed by atoms with Crippen molar-refractivity contribution in [2.24, 2.45) is 0 Å². The van der Waals surface area contributed by atoms with Gasteiger partial charge in [0.15, 0.2) is 0 Å². The lowest BCUT2D eigenvalue weighted by Gasteiger charge is -2.25. The van der Waals surface area contributed by atoms with Gasteiger partial charge in [0.1, 0.15) is 23.5 Å². The molecule has 0 amide bonds. The van der Waals surface area contributed by atoms with Crippen molar-refractivity contribution in [3.8, 4) is 0 Å². The molecular formula is C21H19F2NO2S. The van der Waals surface area contributed by atoms with Crippen molar-refractivity contribution in [2.75, 3.05) is 0 Å². The maximum Gasteiger partial charge on any atom is 0.135 e. The smallest absolute Gasteiger partial charge is 0.135 e. The van der Waals surface area contributed by atoms with Crippen molar-refractivity contribution < 1.29 is 19.0 Å². The van der Waals surface area contributed by atoms with Crippen LogP contribution in [-0.2, 0) is 0 Å². The first-order valence-electron chi connectivity index (χ1n) is 8.52. The fraction of sp³-hybridized carbons (Fsp3) is 0.190. The topological polar surface area (TPSA) is 53.4 Å². The van der Waals surface area contributed by atoms with Gasteiger partial charge in [0.25, 0.3) is 0 Å². The third-order valence-electron chi connectivity index (χ3n) is 4.44.